The van der Waals surface area contributed by atoms with Gasteiger partial charge in [-0.05, 0) is 31.5 Å². The second-order valence-electron chi connectivity index (χ2n) is 9.06. The van der Waals surface area contributed by atoms with Crippen molar-refractivity contribution in [2.45, 2.75) is 37.9 Å². The number of primary amides is 1. The summed E-state index contributed by atoms with van der Waals surface area (Å²) in [7, 11) is 0. The smallest absolute Gasteiger partial charge is 0.242 e. The molecule has 0 saturated carbocycles. The summed E-state index contributed by atoms with van der Waals surface area (Å²) in [6.45, 7) is 7.49. The molecule has 33 heavy (non-hydrogen) atoms. The van der Waals surface area contributed by atoms with E-state index in [-0.39, 0.29) is 11.9 Å². The minimum atomic E-state index is -0.638. The summed E-state index contributed by atoms with van der Waals surface area (Å²) in [5.41, 5.74) is 13.3. The molecular formula is C23H29N7O3. The van der Waals surface area contributed by atoms with Gasteiger partial charge in [0.25, 0.3) is 0 Å². The third-order valence-corrected chi connectivity index (χ3v) is 6.52. The lowest BCUT2D eigenvalue weighted by Gasteiger charge is -2.54. The van der Waals surface area contributed by atoms with E-state index in [1.54, 1.807) is 0 Å². The molecule has 2 saturated heterocycles. The van der Waals surface area contributed by atoms with E-state index in [0.717, 1.165) is 30.2 Å². The van der Waals surface area contributed by atoms with Crippen molar-refractivity contribution >= 4 is 18.1 Å². The van der Waals surface area contributed by atoms with Gasteiger partial charge in [-0.2, -0.15) is 0 Å². The molecule has 0 spiro atoms. The van der Waals surface area contributed by atoms with E-state index in [2.05, 4.69) is 37.7 Å². The number of rotatable bonds is 5. The molecule has 5 rings (SSSR count). The van der Waals surface area contributed by atoms with Crippen LogP contribution in [0.3, 0.4) is 0 Å². The van der Waals surface area contributed by atoms with Crippen LogP contribution in [0.4, 0.5) is 0 Å². The van der Waals surface area contributed by atoms with Crippen molar-refractivity contribution in [1.29, 1.82) is 0 Å². The van der Waals surface area contributed by atoms with Crippen LogP contribution in [-0.4, -0.2) is 77.0 Å². The van der Waals surface area contributed by atoms with Gasteiger partial charge in [-0.15, -0.1) is 0 Å². The number of amidine groups is 1. The van der Waals surface area contributed by atoms with E-state index in [9.17, 15) is 4.79 Å². The molecule has 0 bridgehead atoms. The Kier molecular flexibility index (Phi) is 5.41. The monoisotopic (exact) mass is 451 g/mol. The number of carbonyl (C=O) groups is 1. The van der Waals surface area contributed by atoms with Gasteiger partial charge in [0.2, 0.25) is 5.91 Å². The molecule has 10 nitrogen and oxygen atoms in total. The Morgan fingerprint density at radius 2 is 2.12 bits per heavy atom. The van der Waals surface area contributed by atoms with E-state index in [1.165, 1.54) is 11.9 Å². The zero-order chi connectivity index (χ0) is 23.2. The number of hydrogen-bond acceptors (Lipinski definition) is 6. The fourth-order valence-corrected chi connectivity index (χ4v) is 4.56. The van der Waals surface area contributed by atoms with Crippen LogP contribution in [0.5, 0.6) is 5.75 Å². The maximum absolute atomic E-state index is 11.9. The Morgan fingerprint density at radius 1 is 1.33 bits per heavy atom. The van der Waals surface area contributed by atoms with Gasteiger partial charge in [0.1, 0.15) is 29.4 Å². The highest BCUT2D eigenvalue weighted by Gasteiger charge is 2.53. The van der Waals surface area contributed by atoms with Crippen LogP contribution in [0.2, 0.25) is 0 Å². The Bertz CT molecular complexity index is 1130. The van der Waals surface area contributed by atoms with Gasteiger partial charge in [-0.3, -0.25) is 14.7 Å². The predicted molar refractivity (Wildman–Crippen MR) is 125 cm³/mol. The lowest BCUT2D eigenvalue weighted by atomic mass is 9.83. The van der Waals surface area contributed by atoms with E-state index >= 15 is 0 Å². The Morgan fingerprint density at radius 3 is 2.76 bits per heavy atom. The molecule has 1 aromatic carbocycles. The molecule has 0 unspecified atom stereocenters. The van der Waals surface area contributed by atoms with Crippen molar-refractivity contribution in [3.63, 3.8) is 0 Å². The number of aliphatic imine (C=N–C) groups is 2. The molecule has 0 atom stereocenters. The standard InChI is InChI=1S/C23H29N7O3/c1-14(2)27-20(26-13-24)18-10-29-5-6-33-19-7-15(3-4-17(19)21(29)28-18)16-8-30(9-16)23(22(25)31)11-32-12-23/h3-4,7,10,13-14,16H,5-6,8-9,11-12H2,1-2H3,(H2,25,31)(H2,24,26,27). The van der Waals surface area contributed by atoms with Gasteiger partial charge in [0, 0.05) is 31.2 Å². The average molecular weight is 452 g/mol. The number of hydrogen-bond donors (Lipinski definition) is 2. The first-order chi connectivity index (χ1) is 15.9. The number of nitrogens with zero attached hydrogens (tertiary/aromatic N) is 5. The zero-order valence-electron chi connectivity index (χ0n) is 18.9. The summed E-state index contributed by atoms with van der Waals surface area (Å²) in [6, 6.07) is 6.34. The molecule has 1 aromatic heterocycles. The van der Waals surface area contributed by atoms with Gasteiger partial charge >= 0.3 is 0 Å². The number of nitrogens with two attached hydrogens (primary N) is 2. The summed E-state index contributed by atoms with van der Waals surface area (Å²) in [4.78, 5) is 27.6. The molecule has 3 aliphatic rings. The van der Waals surface area contributed by atoms with Gasteiger partial charge < -0.3 is 25.5 Å². The number of likely N-dealkylation sites (tertiary alicyclic amines) is 1. The maximum atomic E-state index is 11.9. The highest BCUT2D eigenvalue weighted by atomic mass is 16.5. The first-order valence-electron chi connectivity index (χ1n) is 11.2. The second kappa shape index (κ2) is 8.27. The maximum Gasteiger partial charge on any atom is 0.242 e. The molecule has 2 fully saturated rings. The molecule has 0 aliphatic carbocycles. The van der Waals surface area contributed by atoms with E-state index in [1.807, 2.05) is 20.0 Å². The predicted octanol–water partition coefficient (Wildman–Crippen LogP) is 0.738. The zero-order valence-corrected chi connectivity index (χ0v) is 18.9. The quantitative estimate of drug-likeness (QED) is 0.509. The van der Waals surface area contributed by atoms with Crippen LogP contribution in [-0.2, 0) is 16.1 Å². The molecular weight excluding hydrogens is 422 g/mol. The summed E-state index contributed by atoms with van der Waals surface area (Å²) >= 11 is 0. The highest BCUT2D eigenvalue weighted by molar-refractivity contribution is 6.01. The molecule has 3 aliphatic heterocycles. The lowest BCUT2D eigenvalue weighted by Crippen LogP contribution is -2.73. The van der Waals surface area contributed by atoms with Crippen molar-refractivity contribution in [3.05, 3.63) is 35.7 Å². The van der Waals surface area contributed by atoms with Crippen LogP contribution in [0.25, 0.3) is 11.4 Å². The minimum Gasteiger partial charge on any atom is -0.491 e. The molecule has 174 valence electrons. The first-order valence-corrected chi connectivity index (χ1v) is 11.2. The fraction of sp³-hybridized carbons (Fsp3) is 0.478. The fourth-order valence-electron chi connectivity index (χ4n) is 4.56. The van der Waals surface area contributed by atoms with E-state index in [0.29, 0.717) is 43.8 Å². The van der Waals surface area contributed by atoms with Crippen LogP contribution in [0.15, 0.2) is 34.4 Å². The number of amides is 1. The summed E-state index contributed by atoms with van der Waals surface area (Å²) in [5, 5.41) is 0. The van der Waals surface area contributed by atoms with E-state index in [4.69, 9.17) is 25.9 Å². The molecule has 10 heteroatoms. The van der Waals surface area contributed by atoms with Crippen LogP contribution in [0, 0.1) is 0 Å². The lowest BCUT2D eigenvalue weighted by molar-refractivity contribution is -0.179. The normalized spacial score (nSPS) is 20.5. The molecule has 2 aromatic rings. The van der Waals surface area contributed by atoms with Gasteiger partial charge in [0.15, 0.2) is 5.84 Å². The Hall–Kier alpha value is -3.24. The van der Waals surface area contributed by atoms with Crippen molar-refractivity contribution in [3.8, 4) is 17.1 Å². The Balaban J connectivity index is 1.40. The van der Waals surface area contributed by atoms with E-state index < -0.39 is 5.54 Å². The number of carbonyl (C=O) groups excluding carboxylic acids is 1. The molecule has 0 radical (unpaired) electrons. The number of ether oxygens (including phenoxy) is 2. The average Bonchev–Trinajstić information content (AvgIpc) is 3.04. The van der Waals surface area contributed by atoms with Crippen molar-refractivity contribution in [1.82, 2.24) is 14.5 Å². The van der Waals surface area contributed by atoms with Gasteiger partial charge in [0.05, 0.1) is 31.7 Å². The molecule has 4 N–H and O–H groups in total. The third kappa shape index (κ3) is 3.68. The van der Waals surface area contributed by atoms with Crippen LogP contribution >= 0.6 is 0 Å². The largest absolute Gasteiger partial charge is 0.491 e. The van der Waals surface area contributed by atoms with Gasteiger partial charge in [-0.1, -0.05) is 6.07 Å². The topological polar surface area (TPSA) is 133 Å². The SMILES string of the molecule is CC(C)N=C(N=CN)c1cn2c(n1)-c1ccc(C3CN(C4(C(N)=O)COC4)C3)cc1OCC2. The van der Waals surface area contributed by atoms with Crippen molar-refractivity contribution < 1.29 is 14.3 Å². The number of imidazole rings is 1. The minimum absolute atomic E-state index is 0.0747. The summed E-state index contributed by atoms with van der Waals surface area (Å²) in [6.07, 6.45) is 3.19. The van der Waals surface area contributed by atoms with Gasteiger partial charge in [-0.25, -0.2) is 9.98 Å². The third-order valence-electron chi connectivity index (χ3n) is 6.52. The number of benzene rings is 1. The van der Waals surface area contributed by atoms with Crippen LogP contribution < -0.4 is 16.2 Å². The Labute approximate surface area is 192 Å². The van der Waals surface area contributed by atoms with Crippen LogP contribution in [0.1, 0.15) is 31.0 Å². The van der Waals surface area contributed by atoms with Crippen molar-refractivity contribution in [2.24, 2.45) is 21.5 Å². The first kappa shape index (κ1) is 21.6. The molecule has 1 amide bonds. The highest BCUT2D eigenvalue weighted by Crippen LogP contribution is 2.40. The summed E-state index contributed by atoms with van der Waals surface area (Å²) < 4.78 is 13.4. The second-order valence-corrected chi connectivity index (χ2v) is 9.06. The number of fused-ring (bicyclic) bond motifs is 3. The van der Waals surface area contributed by atoms with Crippen molar-refractivity contribution in [2.75, 3.05) is 32.9 Å². The number of aromatic nitrogens is 2. The molecule has 4 heterocycles. The summed E-state index contributed by atoms with van der Waals surface area (Å²) in [5.74, 6) is 2.16.